The lowest BCUT2D eigenvalue weighted by Gasteiger charge is -2.16. The summed E-state index contributed by atoms with van der Waals surface area (Å²) in [5.41, 5.74) is 1.22. The summed E-state index contributed by atoms with van der Waals surface area (Å²) >= 11 is 11.9. The molecule has 0 spiro atoms. The maximum absolute atomic E-state index is 12.3. The third-order valence-electron chi connectivity index (χ3n) is 3.79. The van der Waals surface area contributed by atoms with Crippen molar-refractivity contribution in [2.45, 2.75) is 6.54 Å². The summed E-state index contributed by atoms with van der Waals surface area (Å²) in [6.07, 6.45) is 0. The van der Waals surface area contributed by atoms with Gasteiger partial charge < -0.3 is 10.2 Å². The standard InChI is InChI=1S/C18H16Cl2N6O2/c1-25(10-16(27)21-15-5-3-2-4-14(15)20)17(28)11-26-23-18(22-24-26)12-6-8-13(19)9-7-12/h2-9H,10-11H2,1H3,(H,21,27). The van der Waals surface area contributed by atoms with Gasteiger partial charge in [-0.1, -0.05) is 35.3 Å². The van der Waals surface area contributed by atoms with E-state index < -0.39 is 0 Å². The average Bonchev–Trinajstić information content (AvgIpc) is 3.12. The highest BCUT2D eigenvalue weighted by molar-refractivity contribution is 6.33. The fraction of sp³-hybridized carbons (Fsp3) is 0.167. The Balaban J connectivity index is 1.56. The zero-order chi connectivity index (χ0) is 20.1. The van der Waals surface area contributed by atoms with E-state index in [1.807, 2.05) is 0 Å². The summed E-state index contributed by atoms with van der Waals surface area (Å²) in [4.78, 5) is 26.9. The monoisotopic (exact) mass is 418 g/mol. The number of nitrogens with zero attached hydrogens (tertiary/aromatic N) is 5. The van der Waals surface area contributed by atoms with Crippen LogP contribution in [0.2, 0.25) is 10.0 Å². The molecule has 3 aromatic rings. The molecule has 10 heteroatoms. The van der Waals surface area contributed by atoms with Crippen molar-refractivity contribution in [1.82, 2.24) is 25.1 Å². The zero-order valence-corrected chi connectivity index (χ0v) is 16.4. The van der Waals surface area contributed by atoms with Gasteiger partial charge in [-0.15, -0.1) is 10.2 Å². The van der Waals surface area contributed by atoms with E-state index in [0.29, 0.717) is 21.6 Å². The normalized spacial score (nSPS) is 10.5. The average molecular weight is 419 g/mol. The molecule has 0 saturated carbocycles. The van der Waals surface area contributed by atoms with Crippen LogP contribution in [0.25, 0.3) is 11.4 Å². The number of aromatic nitrogens is 4. The highest BCUT2D eigenvalue weighted by Gasteiger charge is 2.16. The maximum Gasteiger partial charge on any atom is 0.246 e. The molecular formula is C18H16Cl2N6O2. The highest BCUT2D eigenvalue weighted by Crippen LogP contribution is 2.20. The predicted octanol–water partition coefficient (Wildman–Crippen LogP) is 2.74. The Labute approximate surface area is 171 Å². The van der Waals surface area contributed by atoms with Crippen molar-refractivity contribution in [3.05, 3.63) is 58.6 Å². The number of hydrogen-bond acceptors (Lipinski definition) is 5. The van der Waals surface area contributed by atoms with E-state index in [-0.39, 0.29) is 24.9 Å². The quantitative estimate of drug-likeness (QED) is 0.663. The van der Waals surface area contributed by atoms with Crippen molar-refractivity contribution in [2.75, 3.05) is 18.9 Å². The molecule has 1 N–H and O–H groups in total. The number of halogens is 2. The van der Waals surface area contributed by atoms with Crippen LogP contribution in [0.4, 0.5) is 5.69 Å². The van der Waals surface area contributed by atoms with Crippen LogP contribution >= 0.6 is 23.2 Å². The first-order chi connectivity index (χ1) is 13.4. The molecule has 1 aromatic heterocycles. The first-order valence-corrected chi connectivity index (χ1v) is 9.00. The first-order valence-electron chi connectivity index (χ1n) is 8.24. The summed E-state index contributed by atoms with van der Waals surface area (Å²) in [7, 11) is 1.52. The van der Waals surface area contributed by atoms with Crippen molar-refractivity contribution < 1.29 is 9.59 Å². The molecule has 0 atom stereocenters. The molecule has 0 aliphatic heterocycles. The molecule has 0 unspecified atom stereocenters. The van der Waals surface area contributed by atoms with E-state index in [4.69, 9.17) is 23.2 Å². The zero-order valence-electron chi connectivity index (χ0n) is 14.8. The van der Waals surface area contributed by atoms with Gasteiger partial charge in [0.25, 0.3) is 0 Å². The number of likely N-dealkylation sites (N-methyl/N-ethyl adjacent to an activating group) is 1. The Bertz CT molecular complexity index is 990. The lowest BCUT2D eigenvalue weighted by Crippen LogP contribution is -2.37. The minimum Gasteiger partial charge on any atom is -0.335 e. The summed E-state index contributed by atoms with van der Waals surface area (Å²) in [5, 5.41) is 15.7. The topological polar surface area (TPSA) is 93.0 Å². The van der Waals surface area contributed by atoms with Gasteiger partial charge in [-0.05, 0) is 41.6 Å². The van der Waals surface area contributed by atoms with Crippen LogP contribution in [0.3, 0.4) is 0 Å². The molecule has 0 aliphatic carbocycles. The van der Waals surface area contributed by atoms with Crippen molar-refractivity contribution in [3.63, 3.8) is 0 Å². The molecule has 0 saturated heterocycles. The van der Waals surface area contributed by atoms with Crippen LogP contribution in [-0.4, -0.2) is 50.5 Å². The first kappa shape index (κ1) is 19.8. The molecule has 0 bridgehead atoms. The minimum atomic E-state index is -0.364. The third kappa shape index (κ3) is 5.05. The van der Waals surface area contributed by atoms with E-state index in [1.165, 1.54) is 16.7 Å². The van der Waals surface area contributed by atoms with Gasteiger partial charge in [-0.3, -0.25) is 9.59 Å². The van der Waals surface area contributed by atoms with Gasteiger partial charge in [0, 0.05) is 17.6 Å². The largest absolute Gasteiger partial charge is 0.335 e. The molecule has 0 fully saturated rings. The Morgan fingerprint density at radius 2 is 1.82 bits per heavy atom. The number of anilines is 1. The second kappa shape index (κ2) is 8.81. The van der Waals surface area contributed by atoms with E-state index in [1.54, 1.807) is 48.5 Å². The molecule has 8 nitrogen and oxygen atoms in total. The van der Waals surface area contributed by atoms with E-state index in [0.717, 1.165) is 5.56 Å². The number of benzene rings is 2. The smallest absolute Gasteiger partial charge is 0.246 e. The number of hydrogen-bond donors (Lipinski definition) is 1. The Kier molecular flexibility index (Phi) is 6.23. The minimum absolute atomic E-state index is 0.136. The Morgan fingerprint density at radius 1 is 1.11 bits per heavy atom. The molecule has 144 valence electrons. The van der Waals surface area contributed by atoms with Crippen molar-refractivity contribution in [3.8, 4) is 11.4 Å². The van der Waals surface area contributed by atoms with Gasteiger partial charge >= 0.3 is 0 Å². The van der Waals surface area contributed by atoms with Crippen LogP contribution in [0, 0.1) is 0 Å². The molecule has 28 heavy (non-hydrogen) atoms. The summed E-state index contributed by atoms with van der Waals surface area (Å²) < 4.78 is 0. The Hall–Kier alpha value is -2.97. The van der Waals surface area contributed by atoms with Crippen molar-refractivity contribution in [1.29, 1.82) is 0 Å². The van der Waals surface area contributed by atoms with Gasteiger partial charge in [0.15, 0.2) is 0 Å². The van der Waals surface area contributed by atoms with Gasteiger partial charge in [-0.25, -0.2) is 0 Å². The van der Waals surface area contributed by atoms with Gasteiger partial charge in [0.1, 0.15) is 6.54 Å². The number of tetrazole rings is 1. The van der Waals surface area contributed by atoms with Crippen LogP contribution in [0.1, 0.15) is 0 Å². The van der Waals surface area contributed by atoms with Crippen molar-refractivity contribution >= 4 is 40.7 Å². The van der Waals surface area contributed by atoms with E-state index in [2.05, 4.69) is 20.7 Å². The predicted molar refractivity (Wildman–Crippen MR) is 106 cm³/mol. The molecular weight excluding hydrogens is 403 g/mol. The summed E-state index contributed by atoms with van der Waals surface area (Å²) in [5.74, 6) is -0.324. The summed E-state index contributed by atoms with van der Waals surface area (Å²) in [6.45, 7) is -0.279. The van der Waals surface area contributed by atoms with E-state index in [9.17, 15) is 9.59 Å². The SMILES string of the molecule is CN(CC(=O)Nc1ccccc1Cl)C(=O)Cn1nnc(-c2ccc(Cl)cc2)n1. The van der Waals surface area contributed by atoms with E-state index >= 15 is 0 Å². The summed E-state index contributed by atoms with van der Waals surface area (Å²) in [6, 6.07) is 13.8. The number of para-hydroxylation sites is 1. The van der Waals surface area contributed by atoms with Gasteiger partial charge in [-0.2, -0.15) is 4.80 Å². The third-order valence-corrected chi connectivity index (χ3v) is 4.37. The van der Waals surface area contributed by atoms with Crippen LogP contribution < -0.4 is 5.32 Å². The second-order valence-corrected chi connectivity index (χ2v) is 6.77. The number of carbonyl (C=O) groups is 2. The fourth-order valence-corrected chi connectivity index (χ4v) is 2.63. The number of rotatable bonds is 6. The molecule has 0 radical (unpaired) electrons. The van der Waals surface area contributed by atoms with Crippen molar-refractivity contribution in [2.24, 2.45) is 0 Å². The maximum atomic E-state index is 12.3. The lowest BCUT2D eigenvalue weighted by molar-refractivity contribution is -0.134. The van der Waals surface area contributed by atoms with Crippen LogP contribution in [0.5, 0.6) is 0 Å². The highest BCUT2D eigenvalue weighted by atomic mass is 35.5. The molecule has 3 rings (SSSR count). The molecule has 2 aromatic carbocycles. The number of nitrogens with one attached hydrogen (secondary N) is 1. The molecule has 1 heterocycles. The van der Waals surface area contributed by atoms with Gasteiger partial charge in [0.2, 0.25) is 17.6 Å². The van der Waals surface area contributed by atoms with Crippen LogP contribution in [-0.2, 0) is 16.1 Å². The molecule has 0 aliphatic rings. The second-order valence-electron chi connectivity index (χ2n) is 5.93. The van der Waals surface area contributed by atoms with Crippen LogP contribution in [0.15, 0.2) is 48.5 Å². The van der Waals surface area contributed by atoms with Gasteiger partial charge in [0.05, 0.1) is 17.3 Å². The fourth-order valence-electron chi connectivity index (χ4n) is 2.32. The number of amides is 2. The number of carbonyl (C=O) groups excluding carboxylic acids is 2. The molecule has 2 amide bonds. The Morgan fingerprint density at radius 3 is 2.54 bits per heavy atom. The lowest BCUT2D eigenvalue weighted by atomic mass is 10.2.